The van der Waals surface area contributed by atoms with Crippen molar-refractivity contribution in [1.82, 2.24) is 14.7 Å². The van der Waals surface area contributed by atoms with Gasteiger partial charge in [0.15, 0.2) is 11.5 Å². The molecule has 1 aromatic heterocycles. The van der Waals surface area contributed by atoms with E-state index in [1.807, 2.05) is 84.4 Å². The van der Waals surface area contributed by atoms with Crippen LogP contribution in [0.15, 0.2) is 84.9 Å². The van der Waals surface area contributed by atoms with Gasteiger partial charge in [-0.25, -0.2) is 4.68 Å². The predicted octanol–water partition coefficient (Wildman–Crippen LogP) is 5.55. The summed E-state index contributed by atoms with van der Waals surface area (Å²) < 4.78 is 13.9. The first-order valence-electron chi connectivity index (χ1n) is 12.5. The zero-order valence-electron chi connectivity index (χ0n) is 20.9. The van der Waals surface area contributed by atoms with E-state index in [9.17, 15) is 5.11 Å². The molecule has 6 nitrogen and oxygen atoms in total. The smallest absolute Gasteiger partial charge is 0.227 e. The number of hydrogen-bond donors (Lipinski definition) is 1. The van der Waals surface area contributed by atoms with Crippen LogP contribution in [-0.4, -0.2) is 45.6 Å². The van der Waals surface area contributed by atoms with Gasteiger partial charge in [-0.2, -0.15) is 5.10 Å². The van der Waals surface area contributed by atoms with Crippen LogP contribution in [0.25, 0.3) is 5.69 Å². The average Bonchev–Trinajstić information content (AvgIpc) is 3.71. The van der Waals surface area contributed by atoms with E-state index in [2.05, 4.69) is 17.0 Å². The minimum Gasteiger partial charge on any atom is -0.493 e. The summed E-state index contributed by atoms with van der Waals surface area (Å²) in [4.78, 5) is 2.38. The Bertz CT molecular complexity index is 1270. The Kier molecular flexibility index (Phi) is 7.35. The fourth-order valence-electron chi connectivity index (χ4n) is 4.58. The molecule has 4 aromatic rings. The summed E-state index contributed by atoms with van der Waals surface area (Å²) in [5, 5.41) is 15.8. The topological polar surface area (TPSA) is 59.8 Å². The second-order valence-electron chi connectivity index (χ2n) is 9.37. The van der Waals surface area contributed by atoms with Crippen molar-refractivity contribution in [3.8, 4) is 23.1 Å². The van der Waals surface area contributed by atoms with Gasteiger partial charge >= 0.3 is 0 Å². The van der Waals surface area contributed by atoms with Crippen molar-refractivity contribution in [2.24, 2.45) is 0 Å². The van der Waals surface area contributed by atoms with Crippen LogP contribution >= 0.6 is 0 Å². The van der Waals surface area contributed by atoms with Crippen molar-refractivity contribution in [3.05, 3.63) is 102 Å². The molecule has 1 saturated carbocycles. The molecule has 6 heteroatoms. The van der Waals surface area contributed by atoms with Crippen LogP contribution in [0.2, 0.25) is 0 Å². The lowest BCUT2D eigenvalue weighted by Gasteiger charge is -2.25. The molecule has 5 rings (SSSR count). The minimum absolute atomic E-state index is 0.448. The molecule has 36 heavy (non-hydrogen) atoms. The van der Waals surface area contributed by atoms with Gasteiger partial charge in [-0.15, -0.1) is 0 Å². The lowest BCUT2D eigenvalue weighted by Crippen LogP contribution is -2.35. The van der Waals surface area contributed by atoms with Crippen molar-refractivity contribution in [2.75, 3.05) is 13.7 Å². The van der Waals surface area contributed by atoms with E-state index in [0.29, 0.717) is 42.9 Å². The molecule has 1 unspecified atom stereocenters. The average molecular weight is 484 g/mol. The Balaban J connectivity index is 1.45. The third-order valence-electron chi connectivity index (χ3n) is 6.60. The van der Waals surface area contributed by atoms with Crippen LogP contribution in [0.5, 0.6) is 17.4 Å². The predicted molar refractivity (Wildman–Crippen MR) is 141 cm³/mol. The molecule has 1 fully saturated rings. The molecule has 1 N–H and O–H groups in total. The standard InChI is InChI=1S/C30H33N3O3/c1-22-27(21-32(24-17-18-24)20-26(34)19-23-11-5-3-6-12-23)30(33(31-22)25-13-7-4-8-14-25)36-29-16-10-9-15-28(29)35-2/h3-16,24,26,34H,17-21H2,1-2H3. The zero-order valence-corrected chi connectivity index (χ0v) is 20.9. The monoisotopic (exact) mass is 483 g/mol. The molecule has 1 atom stereocenters. The fourth-order valence-corrected chi connectivity index (χ4v) is 4.58. The fraction of sp³-hybridized carbons (Fsp3) is 0.300. The first-order chi connectivity index (χ1) is 17.6. The number of rotatable bonds is 11. The van der Waals surface area contributed by atoms with E-state index in [1.165, 1.54) is 0 Å². The molecule has 0 aliphatic heterocycles. The number of methoxy groups -OCH3 is 1. The number of ether oxygens (including phenoxy) is 2. The number of aromatic nitrogens is 2. The van der Waals surface area contributed by atoms with E-state index in [1.54, 1.807) is 7.11 Å². The number of aliphatic hydroxyl groups is 1. The molecule has 186 valence electrons. The van der Waals surface area contributed by atoms with Gasteiger partial charge in [0.25, 0.3) is 0 Å². The number of para-hydroxylation sites is 3. The van der Waals surface area contributed by atoms with Crippen molar-refractivity contribution in [3.63, 3.8) is 0 Å². The largest absolute Gasteiger partial charge is 0.493 e. The summed E-state index contributed by atoms with van der Waals surface area (Å²) in [6.45, 7) is 3.28. The molecular weight excluding hydrogens is 450 g/mol. The van der Waals surface area contributed by atoms with E-state index in [4.69, 9.17) is 14.6 Å². The van der Waals surface area contributed by atoms with Crippen molar-refractivity contribution in [1.29, 1.82) is 0 Å². The number of aryl methyl sites for hydroxylation is 1. The number of hydrogen-bond acceptors (Lipinski definition) is 5. The molecule has 0 bridgehead atoms. The van der Waals surface area contributed by atoms with Gasteiger partial charge in [0, 0.05) is 19.1 Å². The van der Waals surface area contributed by atoms with E-state index >= 15 is 0 Å². The first kappa shape index (κ1) is 24.1. The van der Waals surface area contributed by atoms with Gasteiger partial charge in [-0.3, -0.25) is 4.90 Å². The molecule has 3 aromatic carbocycles. The first-order valence-corrected chi connectivity index (χ1v) is 12.5. The van der Waals surface area contributed by atoms with Gasteiger partial charge in [0.1, 0.15) is 0 Å². The van der Waals surface area contributed by atoms with Crippen LogP contribution in [0.3, 0.4) is 0 Å². The summed E-state index contributed by atoms with van der Waals surface area (Å²) in [6, 6.07) is 28.3. The Labute approximate surface area is 212 Å². The Morgan fingerprint density at radius 2 is 1.58 bits per heavy atom. The lowest BCUT2D eigenvalue weighted by molar-refractivity contribution is 0.103. The van der Waals surface area contributed by atoms with Crippen LogP contribution in [0.1, 0.15) is 29.7 Å². The summed E-state index contributed by atoms with van der Waals surface area (Å²) in [6.07, 6.45) is 2.48. The van der Waals surface area contributed by atoms with Gasteiger partial charge in [0.2, 0.25) is 5.88 Å². The Hall–Kier alpha value is -3.61. The summed E-state index contributed by atoms with van der Waals surface area (Å²) in [5.41, 5.74) is 4.00. The molecule has 0 spiro atoms. The summed E-state index contributed by atoms with van der Waals surface area (Å²) in [5.74, 6) is 1.98. The molecule has 1 heterocycles. The van der Waals surface area contributed by atoms with E-state index < -0.39 is 6.10 Å². The molecule has 1 aliphatic carbocycles. The highest BCUT2D eigenvalue weighted by atomic mass is 16.5. The van der Waals surface area contributed by atoms with Gasteiger partial charge in [-0.1, -0.05) is 60.7 Å². The molecule has 1 aliphatic rings. The van der Waals surface area contributed by atoms with Gasteiger partial charge in [-0.05, 0) is 56.0 Å². The van der Waals surface area contributed by atoms with Crippen LogP contribution in [0.4, 0.5) is 0 Å². The number of nitrogens with zero attached hydrogens (tertiary/aromatic N) is 3. The zero-order chi connectivity index (χ0) is 24.9. The Morgan fingerprint density at radius 1 is 0.944 bits per heavy atom. The van der Waals surface area contributed by atoms with Crippen LogP contribution in [-0.2, 0) is 13.0 Å². The maximum atomic E-state index is 10.9. The SMILES string of the molecule is COc1ccccc1Oc1c(CN(CC(O)Cc2ccccc2)C2CC2)c(C)nn1-c1ccccc1. The molecule has 0 amide bonds. The van der Waals surface area contributed by atoms with Crippen LogP contribution < -0.4 is 9.47 Å². The van der Waals surface area contributed by atoms with E-state index in [0.717, 1.165) is 35.3 Å². The molecule has 0 radical (unpaired) electrons. The van der Waals surface area contributed by atoms with Crippen LogP contribution in [0, 0.1) is 6.92 Å². The minimum atomic E-state index is -0.448. The lowest BCUT2D eigenvalue weighted by atomic mass is 10.1. The van der Waals surface area contributed by atoms with Gasteiger partial charge in [0.05, 0.1) is 30.2 Å². The highest BCUT2D eigenvalue weighted by Gasteiger charge is 2.32. The third kappa shape index (κ3) is 5.61. The maximum absolute atomic E-state index is 10.9. The summed E-state index contributed by atoms with van der Waals surface area (Å²) >= 11 is 0. The molecular formula is C30H33N3O3. The molecule has 0 saturated heterocycles. The Morgan fingerprint density at radius 3 is 2.25 bits per heavy atom. The normalized spacial score (nSPS) is 14.1. The quantitative estimate of drug-likeness (QED) is 0.303. The highest BCUT2D eigenvalue weighted by molar-refractivity contribution is 5.47. The number of benzene rings is 3. The number of aliphatic hydroxyl groups excluding tert-OH is 1. The van der Waals surface area contributed by atoms with Gasteiger partial charge < -0.3 is 14.6 Å². The second-order valence-corrected chi connectivity index (χ2v) is 9.37. The summed E-state index contributed by atoms with van der Waals surface area (Å²) in [7, 11) is 1.64. The maximum Gasteiger partial charge on any atom is 0.227 e. The van der Waals surface area contributed by atoms with Crippen molar-refractivity contribution >= 4 is 0 Å². The van der Waals surface area contributed by atoms with E-state index in [-0.39, 0.29) is 0 Å². The highest BCUT2D eigenvalue weighted by Crippen LogP contribution is 2.37. The van der Waals surface area contributed by atoms with Crippen molar-refractivity contribution in [2.45, 2.75) is 44.9 Å². The second kappa shape index (κ2) is 11.0. The van der Waals surface area contributed by atoms with Crippen molar-refractivity contribution < 1.29 is 14.6 Å². The third-order valence-corrected chi connectivity index (χ3v) is 6.60.